The summed E-state index contributed by atoms with van der Waals surface area (Å²) in [4.78, 5) is 22.6. The van der Waals surface area contributed by atoms with E-state index < -0.39 is 0 Å². The Morgan fingerprint density at radius 2 is 1.94 bits per heavy atom. The van der Waals surface area contributed by atoms with Crippen LogP contribution < -0.4 is 5.32 Å². The summed E-state index contributed by atoms with van der Waals surface area (Å²) >= 11 is 0. The highest BCUT2D eigenvalue weighted by molar-refractivity contribution is 5.98. The van der Waals surface area contributed by atoms with Gasteiger partial charge in [-0.05, 0) is 54.0 Å². The zero-order valence-corrected chi connectivity index (χ0v) is 20.5. The van der Waals surface area contributed by atoms with Gasteiger partial charge in [0.15, 0.2) is 5.65 Å². The molecular weight excluding hydrogens is 424 g/mol. The van der Waals surface area contributed by atoms with Crippen LogP contribution >= 0.6 is 0 Å². The van der Waals surface area contributed by atoms with Crippen LogP contribution in [0.1, 0.15) is 63.5 Å². The molecule has 4 aromatic rings. The molecule has 0 saturated carbocycles. The molecule has 0 unspecified atom stereocenters. The maximum absolute atomic E-state index is 12.5. The van der Waals surface area contributed by atoms with Crippen molar-refractivity contribution >= 4 is 27.8 Å². The zero-order chi connectivity index (χ0) is 23.8. The predicted molar refractivity (Wildman–Crippen MR) is 137 cm³/mol. The lowest BCUT2D eigenvalue weighted by atomic mass is 9.87. The minimum absolute atomic E-state index is 0.211. The number of benzene rings is 1. The fourth-order valence-electron chi connectivity index (χ4n) is 5.23. The van der Waals surface area contributed by atoms with Gasteiger partial charge in [-0.2, -0.15) is 5.10 Å². The monoisotopic (exact) mass is 458 g/mol. The van der Waals surface area contributed by atoms with Crippen molar-refractivity contribution in [2.75, 3.05) is 19.6 Å². The van der Waals surface area contributed by atoms with Crippen LogP contribution in [-0.2, 0) is 4.79 Å². The molecule has 1 fully saturated rings. The standard InChI is InChI=1S/C27H34N6O/c1-16(2)25-21-13-19(18-8-11-33(12-9-18)24(34)15-29-17(3)4)5-6-23(21)31-26(25)20-7-10-28-27-22(20)14-30-32-27/h5-7,10,13-14,16-18,29,31H,8-9,11-12,15H2,1-4H3,(H,28,30,32). The summed E-state index contributed by atoms with van der Waals surface area (Å²) in [6.07, 6.45) is 5.70. The third kappa shape index (κ3) is 4.20. The van der Waals surface area contributed by atoms with E-state index in [4.69, 9.17) is 0 Å². The molecule has 178 valence electrons. The number of carbonyl (C=O) groups is 1. The van der Waals surface area contributed by atoms with E-state index in [1.807, 2.05) is 17.3 Å². The quantitative estimate of drug-likeness (QED) is 0.382. The molecule has 3 N–H and O–H groups in total. The number of nitrogens with zero attached hydrogens (tertiary/aromatic N) is 3. The molecule has 1 saturated heterocycles. The second-order valence-electron chi connectivity index (χ2n) is 10.1. The zero-order valence-electron chi connectivity index (χ0n) is 20.5. The number of H-pyrrole nitrogens is 2. The molecule has 1 aliphatic heterocycles. The van der Waals surface area contributed by atoms with E-state index in [1.165, 1.54) is 16.5 Å². The molecule has 0 atom stereocenters. The highest BCUT2D eigenvalue weighted by atomic mass is 16.2. The summed E-state index contributed by atoms with van der Waals surface area (Å²) in [7, 11) is 0. The van der Waals surface area contributed by atoms with Crippen LogP contribution in [0.25, 0.3) is 33.2 Å². The van der Waals surface area contributed by atoms with E-state index in [2.05, 4.69) is 77.4 Å². The van der Waals surface area contributed by atoms with Crippen molar-refractivity contribution in [3.05, 3.63) is 47.8 Å². The fourth-order valence-corrected chi connectivity index (χ4v) is 5.23. The Morgan fingerprint density at radius 1 is 1.15 bits per heavy atom. The van der Waals surface area contributed by atoms with Crippen LogP contribution in [0.5, 0.6) is 0 Å². The number of fused-ring (bicyclic) bond motifs is 2. The maximum atomic E-state index is 12.5. The Labute approximate surface area is 200 Å². The van der Waals surface area contributed by atoms with Gasteiger partial charge in [0.1, 0.15) is 0 Å². The van der Waals surface area contributed by atoms with Crippen LogP contribution in [0.4, 0.5) is 0 Å². The number of pyridine rings is 1. The molecule has 5 rings (SSSR count). The molecule has 7 heteroatoms. The van der Waals surface area contributed by atoms with Crippen molar-refractivity contribution in [1.29, 1.82) is 0 Å². The molecule has 0 radical (unpaired) electrons. The molecular formula is C27H34N6O. The number of rotatable bonds is 6. The van der Waals surface area contributed by atoms with Gasteiger partial charge >= 0.3 is 0 Å². The third-order valence-electron chi connectivity index (χ3n) is 7.04. The fraction of sp³-hybridized carbons (Fsp3) is 0.444. The lowest BCUT2D eigenvalue weighted by molar-refractivity contribution is -0.131. The number of amides is 1. The lowest BCUT2D eigenvalue weighted by Gasteiger charge is -2.32. The van der Waals surface area contributed by atoms with Gasteiger partial charge in [0.2, 0.25) is 5.91 Å². The van der Waals surface area contributed by atoms with Gasteiger partial charge in [0.05, 0.1) is 18.4 Å². The SMILES string of the molecule is CC(C)NCC(=O)N1CCC(c2ccc3[nH]c(-c4ccnc5[nH]ncc45)c(C(C)C)c3c2)CC1. The van der Waals surface area contributed by atoms with Crippen LogP contribution in [0.3, 0.4) is 0 Å². The van der Waals surface area contributed by atoms with Crippen molar-refractivity contribution in [3.63, 3.8) is 0 Å². The van der Waals surface area contributed by atoms with Crippen molar-refractivity contribution in [2.24, 2.45) is 0 Å². The first-order valence-electron chi connectivity index (χ1n) is 12.4. The van der Waals surface area contributed by atoms with E-state index in [1.54, 1.807) is 0 Å². The number of aromatic nitrogens is 4. The van der Waals surface area contributed by atoms with Crippen molar-refractivity contribution in [2.45, 2.75) is 58.4 Å². The Morgan fingerprint density at radius 3 is 2.68 bits per heavy atom. The summed E-state index contributed by atoms with van der Waals surface area (Å²) in [5, 5.41) is 12.7. The van der Waals surface area contributed by atoms with E-state index >= 15 is 0 Å². The van der Waals surface area contributed by atoms with Crippen LogP contribution in [0.15, 0.2) is 36.7 Å². The lowest BCUT2D eigenvalue weighted by Crippen LogP contribution is -2.43. The molecule has 1 aromatic carbocycles. The Kier molecular flexibility index (Phi) is 6.13. The summed E-state index contributed by atoms with van der Waals surface area (Å²) in [6.45, 7) is 10.7. The van der Waals surface area contributed by atoms with E-state index in [0.29, 0.717) is 24.4 Å². The first-order valence-corrected chi connectivity index (χ1v) is 12.4. The van der Waals surface area contributed by atoms with Gasteiger partial charge < -0.3 is 15.2 Å². The number of hydrogen-bond acceptors (Lipinski definition) is 4. The van der Waals surface area contributed by atoms with Crippen LogP contribution in [0, 0.1) is 0 Å². The summed E-state index contributed by atoms with van der Waals surface area (Å²) in [5.41, 5.74) is 6.93. The number of aromatic amines is 2. The number of piperidine rings is 1. The molecule has 1 aliphatic rings. The van der Waals surface area contributed by atoms with E-state index in [9.17, 15) is 4.79 Å². The largest absolute Gasteiger partial charge is 0.354 e. The molecule has 7 nitrogen and oxygen atoms in total. The van der Waals surface area contributed by atoms with Crippen LogP contribution in [-0.4, -0.2) is 56.6 Å². The Bertz CT molecular complexity index is 1310. The number of carbonyl (C=O) groups excluding carboxylic acids is 1. The predicted octanol–water partition coefficient (Wildman–Crippen LogP) is 4.93. The second kappa shape index (κ2) is 9.22. The van der Waals surface area contributed by atoms with Gasteiger partial charge in [-0.1, -0.05) is 33.8 Å². The highest BCUT2D eigenvalue weighted by Crippen LogP contribution is 2.39. The molecule has 0 bridgehead atoms. The molecule has 1 amide bonds. The van der Waals surface area contributed by atoms with Crippen molar-refractivity contribution in [3.8, 4) is 11.3 Å². The van der Waals surface area contributed by atoms with Gasteiger partial charge in [-0.25, -0.2) is 4.98 Å². The topological polar surface area (TPSA) is 89.7 Å². The average molecular weight is 459 g/mol. The average Bonchev–Trinajstić information content (AvgIpc) is 3.46. The summed E-state index contributed by atoms with van der Waals surface area (Å²) in [6, 6.07) is 9.25. The minimum Gasteiger partial charge on any atom is -0.354 e. The van der Waals surface area contributed by atoms with Gasteiger partial charge in [-0.15, -0.1) is 0 Å². The molecule has 0 spiro atoms. The van der Waals surface area contributed by atoms with Gasteiger partial charge in [0, 0.05) is 47.2 Å². The normalized spacial score (nSPS) is 15.3. The molecule has 4 heterocycles. The first-order chi connectivity index (χ1) is 16.4. The molecule has 34 heavy (non-hydrogen) atoms. The van der Waals surface area contributed by atoms with Crippen molar-refractivity contribution < 1.29 is 4.79 Å². The third-order valence-corrected chi connectivity index (χ3v) is 7.04. The smallest absolute Gasteiger partial charge is 0.236 e. The van der Waals surface area contributed by atoms with Gasteiger partial charge in [0.25, 0.3) is 0 Å². The summed E-state index contributed by atoms with van der Waals surface area (Å²) < 4.78 is 0. The molecule has 3 aromatic heterocycles. The van der Waals surface area contributed by atoms with Crippen LogP contribution in [0.2, 0.25) is 0 Å². The number of hydrogen-bond donors (Lipinski definition) is 3. The minimum atomic E-state index is 0.211. The number of likely N-dealkylation sites (tertiary alicyclic amines) is 1. The maximum Gasteiger partial charge on any atom is 0.236 e. The first kappa shape index (κ1) is 22.6. The highest BCUT2D eigenvalue weighted by Gasteiger charge is 2.25. The number of nitrogens with one attached hydrogen (secondary N) is 3. The summed E-state index contributed by atoms with van der Waals surface area (Å²) in [5.74, 6) is 1.05. The van der Waals surface area contributed by atoms with E-state index in [0.717, 1.165) is 53.7 Å². The Balaban J connectivity index is 1.43. The van der Waals surface area contributed by atoms with Gasteiger partial charge in [-0.3, -0.25) is 9.89 Å². The second-order valence-corrected chi connectivity index (χ2v) is 10.1. The Hall–Kier alpha value is -3.19. The van der Waals surface area contributed by atoms with E-state index in [-0.39, 0.29) is 5.91 Å². The molecule has 0 aliphatic carbocycles. The van der Waals surface area contributed by atoms with Crippen molar-refractivity contribution in [1.82, 2.24) is 30.4 Å².